The number of piperazine rings is 1. The van der Waals surface area contributed by atoms with Crippen LogP contribution in [0.2, 0.25) is 0 Å². The lowest BCUT2D eigenvalue weighted by atomic mass is 10.2. The summed E-state index contributed by atoms with van der Waals surface area (Å²) in [7, 11) is 0. The Morgan fingerprint density at radius 1 is 1.27 bits per heavy atom. The summed E-state index contributed by atoms with van der Waals surface area (Å²) < 4.78 is 42.6. The van der Waals surface area contributed by atoms with Gasteiger partial charge in [0.15, 0.2) is 10.8 Å². The van der Waals surface area contributed by atoms with Gasteiger partial charge in [0.1, 0.15) is 6.26 Å². The molecule has 2 aromatic heterocycles. The molecule has 0 aliphatic carbocycles. The van der Waals surface area contributed by atoms with Crippen molar-refractivity contribution in [1.29, 1.82) is 0 Å². The molecular formula is C13H12F3N3O2S. The van der Waals surface area contributed by atoms with Crippen molar-refractivity contribution in [3.63, 3.8) is 0 Å². The molecule has 118 valence electrons. The molecule has 0 bridgehead atoms. The number of amides is 1. The van der Waals surface area contributed by atoms with Crippen LogP contribution in [0, 0.1) is 0 Å². The summed E-state index contributed by atoms with van der Waals surface area (Å²) in [5.41, 5.74) is -0.397. The van der Waals surface area contributed by atoms with Gasteiger partial charge in [-0.05, 0) is 6.07 Å². The molecule has 3 heterocycles. The summed E-state index contributed by atoms with van der Waals surface area (Å²) in [6, 6.07) is 1.59. The molecule has 2 aromatic rings. The molecule has 1 aliphatic rings. The summed E-state index contributed by atoms with van der Waals surface area (Å²) in [6.07, 6.45) is -1.61. The van der Waals surface area contributed by atoms with Gasteiger partial charge in [-0.1, -0.05) is 0 Å². The Hall–Kier alpha value is -2.03. The smallest absolute Gasteiger partial charge is 0.434 e. The number of carbonyl (C=O) groups excluding carboxylic acids is 1. The number of hydrogen-bond donors (Lipinski definition) is 0. The van der Waals surface area contributed by atoms with E-state index in [4.69, 9.17) is 4.42 Å². The van der Waals surface area contributed by atoms with Gasteiger partial charge >= 0.3 is 6.18 Å². The third-order valence-electron chi connectivity index (χ3n) is 3.39. The van der Waals surface area contributed by atoms with Crippen molar-refractivity contribution in [2.45, 2.75) is 6.18 Å². The first-order valence-electron chi connectivity index (χ1n) is 6.54. The van der Waals surface area contributed by atoms with E-state index in [-0.39, 0.29) is 5.91 Å². The van der Waals surface area contributed by atoms with Crippen molar-refractivity contribution in [1.82, 2.24) is 9.88 Å². The Kier molecular flexibility index (Phi) is 3.81. The average Bonchev–Trinajstić information content (AvgIpc) is 3.17. The van der Waals surface area contributed by atoms with Crippen molar-refractivity contribution in [2.24, 2.45) is 0 Å². The molecular weight excluding hydrogens is 319 g/mol. The zero-order valence-electron chi connectivity index (χ0n) is 11.3. The Morgan fingerprint density at radius 2 is 2.00 bits per heavy atom. The fraction of sp³-hybridized carbons (Fsp3) is 0.385. The fourth-order valence-electron chi connectivity index (χ4n) is 2.21. The first kappa shape index (κ1) is 14.9. The van der Waals surface area contributed by atoms with Gasteiger partial charge < -0.3 is 14.2 Å². The summed E-state index contributed by atoms with van der Waals surface area (Å²) in [4.78, 5) is 19.2. The van der Waals surface area contributed by atoms with Crippen molar-refractivity contribution in [3.8, 4) is 0 Å². The van der Waals surface area contributed by atoms with Crippen LogP contribution >= 0.6 is 11.3 Å². The minimum atomic E-state index is -4.42. The highest BCUT2D eigenvalue weighted by Crippen LogP contribution is 2.33. The maximum Gasteiger partial charge on any atom is 0.434 e. The first-order chi connectivity index (χ1) is 10.4. The lowest BCUT2D eigenvalue weighted by Gasteiger charge is -2.34. The normalized spacial score (nSPS) is 16.1. The molecule has 1 amide bonds. The van der Waals surface area contributed by atoms with Gasteiger partial charge in [0.2, 0.25) is 0 Å². The van der Waals surface area contributed by atoms with E-state index in [2.05, 4.69) is 4.98 Å². The molecule has 3 rings (SSSR count). The van der Waals surface area contributed by atoms with Gasteiger partial charge in [0.05, 0.1) is 11.8 Å². The molecule has 0 saturated carbocycles. The van der Waals surface area contributed by atoms with Gasteiger partial charge in [-0.25, -0.2) is 4.98 Å². The number of anilines is 1. The van der Waals surface area contributed by atoms with E-state index in [9.17, 15) is 18.0 Å². The standard InChI is InChI=1S/C13H12F3N3O2S/c14-13(15,16)10-8-22-12(17-10)19-4-2-18(3-5-19)11(20)9-1-6-21-7-9/h1,6-8H,2-5H2. The number of nitrogens with zero attached hydrogens (tertiary/aromatic N) is 3. The molecule has 1 fully saturated rings. The van der Waals surface area contributed by atoms with E-state index in [1.807, 2.05) is 0 Å². The summed E-state index contributed by atoms with van der Waals surface area (Å²) in [5.74, 6) is -0.136. The molecule has 9 heteroatoms. The zero-order chi connectivity index (χ0) is 15.7. The quantitative estimate of drug-likeness (QED) is 0.849. The maximum atomic E-state index is 12.6. The lowest BCUT2D eigenvalue weighted by Crippen LogP contribution is -2.48. The maximum absolute atomic E-state index is 12.6. The predicted molar refractivity (Wildman–Crippen MR) is 73.9 cm³/mol. The second kappa shape index (κ2) is 5.64. The van der Waals surface area contributed by atoms with Crippen molar-refractivity contribution in [2.75, 3.05) is 31.1 Å². The van der Waals surface area contributed by atoms with Crippen LogP contribution < -0.4 is 4.90 Å². The number of aromatic nitrogens is 1. The first-order valence-corrected chi connectivity index (χ1v) is 7.42. The molecule has 0 N–H and O–H groups in total. The Bertz CT molecular complexity index is 646. The minimum Gasteiger partial charge on any atom is -0.472 e. The fourth-order valence-corrected chi connectivity index (χ4v) is 3.10. The summed E-state index contributed by atoms with van der Waals surface area (Å²) in [6.45, 7) is 1.78. The molecule has 22 heavy (non-hydrogen) atoms. The Morgan fingerprint density at radius 3 is 2.55 bits per heavy atom. The third kappa shape index (κ3) is 2.94. The van der Waals surface area contributed by atoms with Crippen molar-refractivity contribution < 1.29 is 22.4 Å². The predicted octanol–water partition coefficient (Wildman–Crippen LogP) is 2.72. The molecule has 0 spiro atoms. The molecule has 0 atom stereocenters. The molecule has 1 saturated heterocycles. The number of thiazole rings is 1. The third-order valence-corrected chi connectivity index (χ3v) is 4.29. The summed E-state index contributed by atoms with van der Waals surface area (Å²) in [5, 5.41) is 1.35. The highest BCUT2D eigenvalue weighted by atomic mass is 32.1. The topological polar surface area (TPSA) is 49.6 Å². The van der Waals surface area contributed by atoms with Gasteiger partial charge in [0, 0.05) is 31.6 Å². The number of furan rings is 1. The van der Waals surface area contributed by atoms with Gasteiger partial charge in [-0.2, -0.15) is 13.2 Å². The van der Waals surface area contributed by atoms with Gasteiger partial charge in [-0.15, -0.1) is 11.3 Å². The molecule has 5 nitrogen and oxygen atoms in total. The van der Waals surface area contributed by atoms with Crippen LogP contribution in [0.3, 0.4) is 0 Å². The van der Waals surface area contributed by atoms with E-state index in [1.54, 1.807) is 15.9 Å². The molecule has 1 aliphatic heterocycles. The second-order valence-corrected chi connectivity index (χ2v) is 5.64. The van der Waals surface area contributed by atoms with Crippen LogP contribution in [-0.2, 0) is 6.18 Å². The van der Waals surface area contributed by atoms with Crippen LogP contribution in [0.5, 0.6) is 0 Å². The van der Waals surface area contributed by atoms with Crippen LogP contribution in [0.25, 0.3) is 0 Å². The Labute approximate surface area is 128 Å². The van der Waals surface area contributed by atoms with Crippen LogP contribution in [0.15, 0.2) is 28.4 Å². The summed E-state index contributed by atoms with van der Waals surface area (Å²) >= 11 is 0.967. The largest absolute Gasteiger partial charge is 0.472 e. The number of alkyl halides is 3. The van der Waals surface area contributed by atoms with Gasteiger partial charge in [-0.3, -0.25) is 4.79 Å². The average molecular weight is 331 g/mol. The van der Waals surface area contributed by atoms with E-state index >= 15 is 0 Å². The van der Waals surface area contributed by atoms with Crippen LogP contribution in [0.1, 0.15) is 16.1 Å². The van der Waals surface area contributed by atoms with Gasteiger partial charge in [0.25, 0.3) is 5.91 Å². The van der Waals surface area contributed by atoms with E-state index < -0.39 is 11.9 Å². The number of carbonyl (C=O) groups is 1. The van der Waals surface area contributed by atoms with Crippen LogP contribution in [0.4, 0.5) is 18.3 Å². The van der Waals surface area contributed by atoms with E-state index in [0.717, 1.165) is 16.7 Å². The van der Waals surface area contributed by atoms with Crippen LogP contribution in [-0.4, -0.2) is 42.0 Å². The van der Waals surface area contributed by atoms with E-state index in [0.29, 0.717) is 36.9 Å². The second-order valence-electron chi connectivity index (χ2n) is 4.80. The molecule has 0 aromatic carbocycles. The van der Waals surface area contributed by atoms with E-state index in [1.165, 1.54) is 12.5 Å². The Balaban J connectivity index is 1.62. The van der Waals surface area contributed by atoms with Crippen molar-refractivity contribution in [3.05, 3.63) is 35.2 Å². The number of hydrogen-bond acceptors (Lipinski definition) is 5. The van der Waals surface area contributed by atoms with Crippen molar-refractivity contribution >= 4 is 22.4 Å². The highest BCUT2D eigenvalue weighted by Gasteiger charge is 2.34. The highest BCUT2D eigenvalue weighted by molar-refractivity contribution is 7.13. The number of halogens is 3. The SMILES string of the molecule is O=C(c1ccoc1)N1CCN(c2nc(C(F)(F)F)cs2)CC1. The monoisotopic (exact) mass is 331 g/mol. The minimum absolute atomic E-state index is 0.136. The molecule has 0 radical (unpaired) electrons. The zero-order valence-corrected chi connectivity index (χ0v) is 12.2. The lowest BCUT2D eigenvalue weighted by molar-refractivity contribution is -0.140. The molecule has 0 unspecified atom stereocenters. The number of rotatable bonds is 2.